The van der Waals surface area contributed by atoms with Crippen LogP contribution in [0.1, 0.15) is 57.1 Å². The summed E-state index contributed by atoms with van der Waals surface area (Å²) in [5.41, 5.74) is -0.301. The van der Waals surface area contributed by atoms with Crippen LogP contribution < -0.4 is 10.1 Å². The number of amides is 1. The van der Waals surface area contributed by atoms with E-state index in [1.165, 1.54) is 12.8 Å². The maximum absolute atomic E-state index is 13.5. The first-order chi connectivity index (χ1) is 16.7. The Kier molecular flexibility index (Phi) is 5.19. The molecule has 35 heavy (non-hydrogen) atoms. The number of hydrogen-bond donors (Lipinski definition) is 5. The number of piperidine rings is 1. The van der Waals surface area contributed by atoms with Gasteiger partial charge in [0, 0.05) is 24.6 Å². The molecule has 2 fully saturated rings. The average Bonchev–Trinajstić information content (AvgIpc) is 3.58. The fraction of sp³-hybridized carbons (Fsp3) is 0.667. The van der Waals surface area contributed by atoms with Crippen molar-refractivity contribution in [1.29, 1.82) is 0 Å². The summed E-state index contributed by atoms with van der Waals surface area (Å²) in [6, 6.07) is 2.87. The molecule has 6 rings (SSSR count). The first-order valence-electron chi connectivity index (χ1n) is 13.1. The molecule has 1 saturated heterocycles. The highest BCUT2D eigenvalue weighted by Gasteiger charge is 2.73. The number of benzene rings is 1. The largest absolute Gasteiger partial charge is 0.508 e. The van der Waals surface area contributed by atoms with Crippen molar-refractivity contribution in [1.82, 2.24) is 10.2 Å². The Morgan fingerprint density at radius 1 is 1.31 bits per heavy atom. The maximum atomic E-state index is 13.5. The predicted molar refractivity (Wildman–Crippen MR) is 128 cm³/mol. The van der Waals surface area contributed by atoms with Gasteiger partial charge in [-0.25, -0.2) is 0 Å². The molecular formula is C27H36N2O6. The zero-order valence-electron chi connectivity index (χ0n) is 20.5. The van der Waals surface area contributed by atoms with Gasteiger partial charge in [0.2, 0.25) is 0 Å². The molecule has 5 aliphatic rings. The average molecular weight is 485 g/mol. The molecule has 1 aromatic carbocycles. The molecule has 8 heteroatoms. The van der Waals surface area contributed by atoms with Gasteiger partial charge in [-0.3, -0.25) is 9.69 Å². The first-order valence-corrected chi connectivity index (χ1v) is 13.1. The fourth-order valence-electron chi connectivity index (χ4n) is 7.28. The van der Waals surface area contributed by atoms with Crippen molar-refractivity contribution in [2.75, 3.05) is 19.7 Å². The molecule has 2 heterocycles. The van der Waals surface area contributed by atoms with E-state index in [0.717, 1.165) is 30.6 Å². The van der Waals surface area contributed by atoms with Crippen LogP contribution >= 0.6 is 0 Å². The van der Waals surface area contributed by atoms with E-state index in [1.54, 1.807) is 6.07 Å². The number of nitrogens with one attached hydrogen (secondary N) is 1. The lowest BCUT2D eigenvalue weighted by atomic mass is 9.49. The van der Waals surface area contributed by atoms with Gasteiger partial charge in [0.05, 0.1) is 29.2 Å². The number of rotatable bonds is 7. The smallest absolute Gasteiger partial charge is 0.251 e. The van der Waals surface area contributed by atoms with Crippen LogP contribution in [0.25, 0.3) is 0 Å². The second-order valence-corrected chi connectivity index (χ2v) is 11.4. The van der Waals surface area contributed by atoms with E-state index in [1.807, 2.05) is 19.9 Å². The third-order valence-electron chi connectivity index (χ3n) is 9.64. The van der Waals surface area contributed by atoms with Crippen LogP contribution in [-0.4, -0.2) is 74.7 Å². The summed E-state index contributed by atoms with van der Waals surface area (Å²) >= 11 is 0. The van der Waals surface area contributed by atoms with Gasteiger partial charge in [0.25, 0.3) is 5.91 Å². The van der Waals surface area contributed by atoms with Gasteiger partial charge in [0.15, 0.2) is 17.6 Å². The minimum atomic E-state index is -1.33. The van der Waals surface area contributed by atoms with Gasteiger partial charge in [-0.2, -0.15) is 0 Å². The highest BCUT2D eigenvalue weighted by atomic mass is 16.5. The summed E-state index contributed by atoms with van der Waals surface area (Å²) in [4.78, 5) is 15.8. The van der Waals surface area contributed by atoms with Crippen LogP contribution in [0, 0.1) is 11.8 Å². The third-order valence-corrected chi connectivity index (χ3v) is 9.64. The summed E-state index contributed by atoms with van der Waals surface area (Å²) in [6.45, 7) is 5.44. The Morgan fingerprint density at radius 3 is 2.77 bits per heavy atom. The number of carbonyl (C=O) groups is 1. The minimum Gasteiger partial charge on any atom is -0.508 e. The lowest BCUT2D eigenvalue weighted by Gasteiger charge is -2.62. The summed E-state index contributed by atoms with van der Waals surface area (Å²) in [5, 5.41) is 47.5. The number of phenolic OH excluding ortho intramolecular Hbond substituents is 1. The summed E-state index contributed by atoms with van der Waals surface area (Å²) < 4.78 is 6.23. The van der Waals surface area contributed by atoms with Gasteiger partial charge in [-0.05, 0) is 55.7 Å². The zero-order valence-corrected chi connectivity index (χ0v) is 20.5. The van der Waals surface area contributed by atoms with Gasteiger partial charge < -0.3 is 30.5 Å². The summed E-state index contributed by atoms with van der Waals surface area (Å²) in [7, 11) is 0. The molecule has 3 aliphatic carbocycles. The van der Waals surface area contributed by atoms with E-state index in [-0.39, 0.29) is 42.1 Å². The number of nitrogens with zero attached hydrogens (tertiary/aromatic N) is 1. The van der Waals surface area contributed by atoms with Crippen LogP contribution in [-0.2, 0) is 16.6 Å². The minimum absolute atomic E-state index is 0.00352. The lowest BCUT2D eigenvalue weighted by Crippen LogP contribution is -2.76. The van der Waals surface area contributed by atoms with E-state index in [4.69, 9.17) is 4.74 Å². The number of likely N-dealkylation sites (tertiary alicyclic amines) is 1. The van der Waals surface area contributed by atoms with Crippen molar-refractivity contribution in [3.8, 4) is 11.5 Å². The fourth-order valence-corrected chi connectivity index (χ4v) is 7.28. The van der Waals surface area contributed by atoms with Crippen LogP contribution in [0.5, 0.6) is 11.5 Å². The van der Waals surface area contributed by atoms with Gasteiger partial charge in [-0.15, -0.1) is 0 Å². The number of phenols is 1. The van der Waals surface area contributed by atoms with Crippen LogP contribution in [0.2, 0.25) is 0 Å². The molecule has 0 aromatic heterocycles. The molecule has 1 spiro atoms. The number of aromatic hydroxyl groups is 1. The predicted octanol–water partition coefficient (Wildman–Crippen LogP) is 1.90. The van der Waals surface area contributed by atoms with E-state index < -0.39 is 29.1 Å². The molecule has 1 saturated carbocycles. The van der Waals surface area contributed by atoms with Crippen molar-refractivity contribution >= 4 is 5.91 Å². The van der Waals surface area contributed by atoms with Crippen LogP contribution in [0.3, 0.4) is 0 Å². The van der Waals surface area contributed by atoms with Crippen molar-refractivity contribution in [2.24, 2.45) is 11.8 Å². The number of ether oxygens (including phenoxy) is 1. The van der Waals surface area contributed by atoms with Crippen molar-refractivity contribution in [3.05, 3.63) is 34.6 Å². The second-order valence-electron chi connectivity index (χ2n) is 11.4. The third kappa shape index (κ3) is 3.06. The number of aliphatic hydroxyl groups excluding tert-OH is 2. The first kappa shape index (κ1) is 23.1. The maximum Gasteiger partial charge on any atom is 0.251 e. The normalized spacial score (nSPS) is 34.7. The number of hydrogen-bond acceptors (Lipinski definition) is 7. The highest BCUT2D eigenvalue weighted by Crippen LogP contribution is 2.66. The molecular weight excluding hydrogens is 448 g/mol. The summed E-state index contributed by atoms with van der Waals surface area (Å²) in [6.07, 6.45) is 3.44. The molecule has 6 atom stereocenters. The Bertz CT molecular complexity index is 1100. The molecule has 2 bridgehead atoms. The standard InChI is InChI=1S/C27H36N2O6/c1-3-14(2)18(13-30)28-25(33)17-11-27(34)20-10-16-6-7-19(31)23-21(16)26(27,24(35-23)22(17)32)8-9-29(20)12-15-4-5-15/h6-7,14-15,18,20,24,30-32,34H,3-5,8-13H2,1-2H3,(H,28,33)/t14-,18-,20+,24-,26-,27+/m0/s1. The second kappa shape index (κ2) is 7.85. The Morgan fingerprint density at radius 2 is 2.09 bits per heavy atom. The molecule has 5 N–H and O–H groups in total. The van der Waals surface area contributed by atoms with E-state index in [0.29, 0.717) is 24.5 Å². The SMILES string of the molecule is CC[C@H](C)[C@H](CO)NC(=O)C1=C(O)[C@@H]2Oc3c(O)ccc4c3[C@@]23CCN(CC2CC2)[C@H](C4)[C@]3(O)C1. The Hall–Kier alpha value is -2.29. The Balaban J connectivity index is 1.46. The van der Waals surface area contributed by atoms with Gasteiger partial charge in [-0.1, -0.05) is 26.3 Å². The Labute approximate surface area is 205 Å². The number of aliphatic hydroxyl groups is 3. The van der Waals surface area contributed by atoms with Gasteiger partial charge in [0.1, 0.15) is 5.76 Å². The molecule has 190 valence electrons. The molecule has 0 radical (unpaired) electrons. The zero-order chi connectivity index (χ0) is 24.7. The monoisotopic (exact) mass is 484 g/mol. The summed E-state index contributed by atoms with van der Waals surface area (Å²) in [5.74, 6) is 0.360. The molecule has 1 aromatic rings. The van der Waals surface area contributed by atoms with Crippen LogP contribution in [0.15, 0.2) is 23.5 Å². The molecule has 2 aliphatic heterocycles. The van der Waals surface area contributed by atoms with Crippen molar-refractivity contribution < 1.29 is 30.0 Å². The molecule has 0 unspecified atom stereocenters. The van der Waals surface area contributed by atoms with Gasteiger partial charge >= 0.3 is 0 Å². The molecule has 1 amide bonds. The van der Waals surface area contributed by atoms with E-state index in [2.05, 4.69) is 10.2 Å². The quantitative estimate of drug-likeness (QED) is 0.401. The van der Waals surface area contributed by atoms with Crippen molar-refractivity contribution in [3.63, 3.8) is 0 Å². The molecule has 8 nitrogen and oxygen atoms in total. The number of carbonyl (C=O) groups excluding carboxylic acids is 1. The van der Waals surface area contributed by atoms with Crippen LogP contribution in [0.4, 0.5) is 0 Å². The lowest BCUT2D eigenvalue weighted by molar-refractivity contribution is -0.172. The topological polar surface area (TPSA) is 122 Å². The van der Waals surface area contributed by atoms with E-state index in [9.17, 15) is 25.2 Å². The van der Waals surface area contributed by atoms with E-state index >= 15 is 0 Å². The highest BCUT2D eigenvalue weighted by molar-refractivity contribution is 5.95. The van der Waals surface area contributed by atoms with Crippen molar-refractivity contribution in [2.45, 2.75) is 81.6 Å².